The highest BCUT2D eigenvalue weighted by Gasteiger charge is 2.25. The van der Waals surface area contributed by atoms with Gasteiger partial charge < -0.3 is 15.4 Å². The quantitative estimate of drug-likeness (QED) is 0.756. The maximum absolute atomic E-state index is 11.7. The van der Waals surface area contributed by atoms with Crippen LogP contribution in [0.25, 0.3) is 11.2 Å². The Morgan fingerprint density at radius 2 is 2.15 bits per heavy atom. The average molecular weight is 277 g/mol. The number of aliphatic hydroxyl groups is 1. The van der Waals surface area contributed by atoms with Crippen LogP contribution in [0.15, 0.2) is 11.1 Å². The number of nitrogens with zero attached hydrogens (tertiary/aromatic N) is 3. The van der Waals surface area contributed by atoms with Crippen molar-refractivity contribution in [3.8, 4) is 0 Å². The molecule has 7 heteroatoms. The van der Waals surface area contributed by atoms with Crippen LogP contribution in [0, 0.1) is 11.8 Å². The lowest BCUT2D eigenvalue weighted by Gasteiger charge is -2.30. The van der Waals surface area contributed by atoms with Crippen molar-refractivity contribution >= 4 is 17.1 Å². The first kappa shape index (κ1) is 13.1. The molecule has 0 radical (unpaired) electrons. The first-order valence-corrected chi connectivity index (χ1v) is 7.00. The highest BCUT2D eigenvalue weighted by Crippen LogP contribution is 2.31. The molecule has 1 aliphatic rings. The molecular formula is C13H19N5O2. The van der Waals surface area contributed by atoms with Gasteiger partial charge in [0.05, 0.1) is 6.33 Å². The summed E-state index contributed by atoms with van der Waals surface area (Å²) in [6.45, 7) is 0.936. The Hall–Kier alpha value is -1.89. The highest BCUT2D eigenvalue weighted by atomic mass is 16.3. The van der Waals surface area contributed by atoms with Gasteiger partial charge in [0.1, 0.15) is 0 Å². The fourth-order valence-electron chi connectivity index (χ4n) is 3.12. The van der Waals surface area contributed by atoms with Gasteiger partial charge in [-0.05, 0) is 24.7 Å². The summed E-state index contributed by atoms with van der Waals surface area (Å²) < 4.78 is 1.87. The third-order valence-corrected chi connectivity index (χ3v) is 4.23. The molecule has 1 fully saturated rings. The van der Waals surface area contributed by atoms with Crippen LogP contribution >= 0.6 is 0 Å². The molecule has 2 aromatic rings. The Kier molecular flexibility index (Phi) is 3.43. The van der Waals surface area contributed by atoms with Gasteiger partial charge in [-0.2, -0.15) is 4.98 Å². The molecule has 7 nitrogen and oxygen atoms in total. The first-order valence-electron chi connectivity index (χ1n) is 7.00. The second-order valence-corrected chi connectivity index (χ2v) is 5.51. The number of fused-ring (bicyclic) bond motifs is 1. The summed E-state index contributed by atoms with van der Waals surface area (Å²) in [5.41, 5.74) is 6.12. The van der Waals surface area contributed by atoms with E-state index in [0.717, 1.165) is 19.4 Å². The van der Waals surface area contributed by atoms with Crippen LogP contribution in [-0.2, 0) is 6.54 Å². The van der Waals surface area contributed by atoms with Gasteiger partial charge in [0.15, 0.2) is 11.2 Å². The molecule has 2 atom stereocenters. The first-order chi connectivity index (χ1) is 9.69. The molecule has 0 saturated heterocycles. The van der Waals surface area contributed by atoms with Gasteiger partial charge in [0.2, 0.25) is 5.95 Å². The van der Waals surface area contributed by atoms with E-state index in [1.54, 1.807) is 6.33 Å². The molecule has 4 N–H and O–H groups in total. The minimum Gasteiger partial charge on any atom is -0.396 e. The summed E-state index contributed by atoms with van der Waals surface area (Å²) in [6.07, 6.45) is 6.14. The number of rotatable bonds is 3. The topological polar surface area (TPSA) is 110 Å². The summed E-state index contributed by atoms with van der Waals surface area (Å²) in [5, 5.41) is 9.48. The Morgan fingerprint density at radius 1 is 1.40 bits per heavy atom. The van der Waals surface area contributed by atoms with Crippen LogP contribution in [0.2, 0.25) is 0 Å². The van der Waals surface area contributed by atoms with Gasteiger partial charge in [0, 0.05) is 13.2 Å². The van der Waals surface area contributed by atoms with Crippen molar-refractivity contribution in [2.24, 2.45) is 11.8 Å². The number of H-pyrrole nitrogens is 1. The van der Waals surface area contributed by atoms with E-state index in [9.17, 15) is 9.90 Å². The molecule has 0 spiro atoms. The molecule has 0 amide bonds. The number of nitrogens with one attached hydrogen (secondary N) is 1. The zero-order valence-electron chi connectivity index (χ0n) is 11.2. The Labute approximate surface area is 115 Å². The third-order valence-electron chi connectivity index (χ3n) is 4.23. The number of aromatic amines is 1. The Bertz CT molecular complexity index is 662. The number of aliphatic hydroxyl groups excluding tert-OH is 1. The van der Waals surface area contributed by atoms with E-state index in [1.165, 1.54) is 12.8 Å². The predicted octanol–water partition coefficient (Wildman–Crippen LogP) is 0.500. The summed E-state index contributed by atoms with van der Waals surface area (Å²) in [5.74, 6) is 0.820. The van der Waals surface area contributed by atoms with E-state index in [0.29, 0.717) is 23.0 Å². The Balaban J connectivity index is 1.92. The van der Waals surface area contributed by atoms with Crippen LogP contribution in [0.3, 0.4) is 0 Å². The normalized spacial score (nSPS) is 23.2. The fourth-order valence-corrected chi connectivity index (χ4v) is 3.12. The SMILES string of the molecule is Nc1nc2c(ncn2CC2CCCC[C@@H]2CO)c(=O)[nH]1. The lowest BCUT2D eigenvalue weighted by atomic mass is 9.79. The largest absolute Gasteiger partial charge is 0.396 e. The summed E-state index contributed by atoms with van der Waals surface area (Å²) in [7, 11) is 0. The van der Waals surface area contributed by atoms with Crippen LogP contribution in [0.1, 0.15) is 25.7 Å². The monoisotopic (exact) mass is 277 g/mol. The maximum atomic E-state index is 11.7. The number of nitrogen functional groups attached to an aromatic ring is 1. The number of aromatic nitrogens is 4. The van der Waals surface area contributed by atoms with Crippen molar-refractivity contribution in [1.29, 1.82) is 0 Å². The van der Waals surface area contributed by atoms with Crippen LogP contribution in [-0.4, -0.2) is 31.2 Å². The summed E-state index contributed by atoms with van der Waals surface area (Å²) in [6, 6.07) is 0. The third kappa shape index (κ3) is 2.29. The van der Waals surface area contributed by atoms with Crippen LogP contribution in [0.5, 0.6) is 0 Å². The van der Waals surface area contributed by atoms with E-state index in [4.69, 9.17) is 5.73 Å². The second kappa shape index (κ2) is 5.24. The lowest BCUT2D eigenvalue weighted by molar-refractivity contribution is 0.124. The summed E-state index contributed by atoms with van der Waals surface area (Å²) in [4.78, 5) is 22.5. The molecule has 2 heterocycles. The van der Waals surface area contributed by atoms with E-state index in [2.05, 4.69) is 15.0 Å². The number of nitrogens with two attached hydrogens (primary N) is 1. The van der Waals surface area contributed by atoms with Gasteiger partial charge in [-0.3, -0.25) is 9.78 Å². The molecule has 0 aliphatic heterocycles. The number of hydrogen-bond acceptors (Lipinski definition) is 5. The molecule has 1 saturated carbocycles. The zero-order valence-corrected chi connectivity index (χ0v) is 11.2. The van der Waals surface area contributed by atoms with Crippen molar-refractivity contribution in [3.05, 3.63) is 16.7 Å². The van der Waals surface area contributed by atoms with Crippen molar-refractivity contribution in [2.75, 3.05) is 12.3 Å². The molecular weight excluding hydrogens is 258 g/mol. The predicted molar refractivity (Wildman–Crippen MR) is 75.1 cm³/mol. The number of anilines is 1. The standard InChI is InChI=1S/C13H19N5O2/c14-13-16-11-10(12(20)17-13)15-7-18(11)5-8-3-1-2-4-9(8)6-19/h7-9,19H,1-6H2,(H3,14,16,17,20)/t8?,9-/m1/s1. The van der Waals surface area contributed by atoms with Crippen molar-refractivity contribution in [3.63, 3.8) is 0 Å². The average Bonchev–Trinajstić information content (AvgIpc) is 2.83. The Morgan fingerprint density at radius 3 is 2.90 bits per heavy atom. The van der Waals surface area contributed by atoms with E-state index < -0.39 is 0 Å². The van der Waals surface area contributed by atoms with Crippen molar-refractivity contribution in [1.82, 2.24) is 19.5 Å². The van der Waals surface area contributed by atoms with Gasteiger partial charge >= 0.3 is 0 Å². The molecule has 0 aromatic carbocycles. The minimum atomic E-state index is -0.311. The highest BCUT2D eigenvalue weighted by molar-refractivity contribution is 5.70. The van der Waals surface area contributed by atoms with Crippen molar-refractivity contribution in [2.45, 2.75) is 32.2 Å². The van der Waals surface area contributed by atoms with E-state index in [1.807, 2.05) is 4.57 Å². The van der Waals surface area contributed by atoms with Crippen LogP contribution in [0.4, 0.5) is 5.95 Å². The lowest BCUT2D eigenvalue weighted by Crippen LogP contribution is -2.26. The smallest absolute Gasteiger partial charge is 0.280 e. The van der Waals surface area contributed by atoms with Gasteiger partial charge in [0.25, 0.3) is 5.56 Å². The van der Waals surface area contributed by atoms with Crippen LogP contribution < -0.4 is 11.3 Å². The maximum Gasteiger partial charge on any atom is 0.280 e. The van der Waals surface area contributed by atoms with E-state index >= 15 is 0 Å². The molecule has 3 rings (SSSR count). The number of hydrogen-bond donors (Lipinski definition) is 3. The molecule has 0 bridgehead atoms. The molecule has 2 aromatic heterocycles. The van der Waals surface area contributed by atoms with Gasteiger partial charge in [-0.1, -0.05) is 12.8 Å². The minimum absolute atomic E-state index is 0.103. The number of imidazole rings is 1. The van der Waals surface area contributed by atoms with Gasteiger partial charge in [-0.15, -0.1) is 0 Å². The summed E-state index contributed by atoms with van der Waals surface area (Å²) >= 11 is 0. The molecule has 20 heavy (non-hydrogen) atoms. The van der Waals surface area contributed by atoms with Crippen molar-refractivity contribution < 1.29 is 5.11 Å². The molecule has 1 unspecified atom stereocenters. The van der Waals surface area contributed by atoms with Gasteiger partial charge in [-0.25, -0.2) is 4.98 Å². The fraction of sp³-hybridized carbons (Fsp3) is 0.615. The zero-order chi connectivity index (χ0) is 14.1. The second-order valence-electron chi connectivity index (χ2n) is 5.51. The molecule has 1 aliphatic carbocycles. The molecule has 108 valence electrons. The van der Waals surface area contributed by atoms with E-state index in [-0.39, 0.29) is 18.1 Å².